The van der Waals surface area contributed by atoms with Crippen LogP contribution in [0.15, 0.2) is 65.2 Å². The van der Waals surface area contributed by atoms with Crippen molar-refractivity contribution < 1.29 is 13.9 Å². The molecule has 2 aromatic carbocycles. The molecule has 0 unspecified atom stereocenters. The molecule has 0 spiro atoms. The van der Waals surface area contributed by atoms with Crippen LogP contribution >= 0.6 is 0 Å². The molecule has 0 radical (unpaired) electrons. The molecule has 1 aliphatic rings. The Morgan fingerprint density at radius 2 is 1.82 bits per heavy atom. The first-order valence-electron chi connectivity index (χ1n) is 9.43. The predicted molar refractivity (Wildman–Crippen MR) is 109 cm³/mol. The summed E-state index contributed by atoms with van der Waals surface area (Å²) in [5, 5.41) is 2.84. The summed E-state index contributed by atoms with van der Waals surface area (Å²) in [6.07, 6.45) is 3.99. The summed E-state index contributed by atoms with van der Waals surface area (Å²) < 4.78 is 11.0. The van der Waals surface area contributed by atoms with Crippen LogP contribution in [0.2, 0.25) is 0 Å². The van der Waals surface area contributed by atoms with Gasteiger partial charge in [-0.15, -0.1) is 0 Å². The number of benzene rings is 2. The molecule has 6 heteroatoms. The van der Waals surface area contributed by atoms with Gasteiger partial charge in [0.05, 0.1) is 12.3 Å². The second kappa shape index (κ2) is 8.27. The van der Waals surface area contributed by atoms with Gasteiger partial charge in [0.15, 0.2) is 5.76 Å². The van der Waals surface area contributed by atoms with Crippen LogP contribution in [0.1, 0.15) is 23.5 Å². The van der Waals surface area contributed by atoms with Gasteiger partial charge in [0, 0.05) is 37.1 Å². The molecule has 1 amide bonds. The van der Waals surface area contributed by atoms with E-state index in [4.69, 9.17) is 9.15 Å². The van der Waals surface area contributed by atoms with E-state index in [1.54, 1.807) is 13.3 Å². The van der Waals surface area contributed by atoms with E-state index in [1.807, 2.05) is 54.6 Å². The molecule has 3 aromatic rings. The van der Waals surface area contributed by atoms with E-state index < -0.39 is 0 Å². The van der Waals surface area contributed by atoms with Gasteiger partial charge >= 0.3 is 5.91 Å². The minimum Gasteiger partial charge on any atom is -0.432 e. The predicted octanol–water partition coefficient (Wildman–Crippen LogP) is 4.21. The van der Waals surface area contributed by atoms with Crippen molar-refractivity contribution in [1.29, 1.82) is 0 Å². The van der Waals surface area contributed by atoms with Gasteiger partial charge in [0.25, 0.3) is 5.89 Å². The second-order valence-corrected chi connectivity index (χ2v) is 6.82. The number of methoxy groups -OCH3 is 1. The first-order valence-corrected chi connectivity index (χ1v) is 9.43. The third kappa shape index (κ3) is 4.07. The molecule has 1 N–H and O–H groups in total. The summed E-state index contributed by atoms with van der Waals surface area (Å²) in [5.74, 6) is 0.251. The first kappa shape index (κ1) is 18.3. The Balaban J connectivity index is 1.38. The summed E-state index contributed by atoms with van der Waals surface area (Å²) in [6.45, 7) is 1.95. The highest BCUT2D eigenvalue weighted by atomic mass is 16.5. The number of hydrogen-bond donors (Lipinski definition) is 1. The first-order chi connectivity index (χ1) is 13.7. The lowest BCUT2D eigenvalue weighted by atomic mass is 10.1. The van der Waals surface area contributed by atoms with Crippen molar-refractivity contribution in [3.63, 3.8) is 0 Å². The van der Waals surface area contributed by atoms with Gasteiger partial charge in [-0.1, -0.05) is 30.3 Å². The Hall–Kier alpha value is -3.12. The van der Waals surface area contributed by atoms with Gasteiger partial charge in [-0.25, -0.2) is 4.98 Å². The summed E-state index contributed by atoms with van der Waals surface area (Å²) in [4.78, 5) is 18.9. The van der Waals surface area contributed by atoms with Crippen molar-refractivity contribution in [2.75, 3.05) is 30.4 Å². The van der Waals surface area contributed by atoms with Crippen molar-refractivity contribution in [2.24, 2.45) is 0 Å². The van der Waals surface area contributed by atoms with E-state index in [9.17, 15) is 4.79 Å². The molecule has 144 valence electrons. The maximum absolute atomic E-state index is 12.4. The molecule has 1 saturated heterocycles. The summed E-state index contributed by atoms with van der Waals surface area (Å²) >= 11 is 0. The number of aromatic nitrogens is 1. The van der Waals surface area contributed by atoms with Crippen molar-refractivity contribution in [3.05, 3.63) is 66.7 Å². The minimum absolute atomic E-state index is 0.0459. The minimum atomic E-state index is -0.365. The zero-order valence-corrected chi connectivity index (χ0v) is 15.8. The Morgan fingerprint density at radius 1 is 1.11 bits per heavy atom. The number of nitrogens with zero attached hydrogens (tertiary/aromatic N) is 2. The molecule has 1 aliphatic heterocycles. The molecule has 0 bridgehead atoms. The number of nitrogens with one attached hydrogen (secondary N) is 1. The van der Waals surface area contributed by atoms with Crippen LogP contribution in [-0.4, -0.2) is 37.2 Å². The van der Waals surface area contributed by atoms with Crippen molar-refractivity contribution in [1.82, 2.24) is 4.98 Å². The van der Waals surface area contributed by atoms with Gasteiger partial charge in [0.2, 0.25) is 0 Å². The van der Waals surface area contributed by atoms with Gasteiger partial charge in [0.1, 0.15) is 0 Å². The molecule has 1 aromatic heterocycles. The number of oxazole rings is 1. The third-order valence-electron chi connectivity index (χ3n) is 5.02. The fraction of sp³-hybridized carbons (Fsp3) is 0.273. The number of amides is 1. The Morgan fingerprint density at radius 3 is 2.50 bits per heavy atom. The lowest BCUT2D eigenvalue weighted by Gasteiger charge is -2.33. The van der Waals surface area contributed by atoms with E-state index >= 15 is 0 Å². The van der Waals surface area contributed by atoms with Crippen molar-refractivity contribution in [2.45, 2.75) is 18.9 Å². The quantitative estimate of drug-likeness (QED) is 0.721. The molecule has 0 atom stereocenters. The van der Waals surface area contributed by atoms with E-state index in [-0.39, 0.29) is 11.8 Å². The average Bonchev–Trinajstić information content (AvgIpc) is 3.26. The number of carbonyl (C=O) groups is 1. The molecule has 28 heavy (non-hydrogen) atoms. The lowest BCUT2D eigenvalue weighted by molar-refractivity contribution is 0.0819. The Bertz CT molecular complexity index is 914. The van der Waals surface area contributed by atoms with Gasteiger partial charge in [-0.3, -0.25) is 4.79 Å². The lowest BCUT2D eigenvalue weighted by Crippen LogP contribution is -2.36. The summed E-state index contributed by atoms with van der Waals surface area (Å²) in [5.41, 5.74) is 2.74. The topological polar surface area (TPSA) is 67.6 Å². The molecule has 0 aliphatic carbocycles. The smallest absolute Gasteiger partial charge is 0.311 e. The van der Waals surface area contributed by atoms with Crippen LogP contribution < -0.4 is 10.2 Å². The van der Waals surface area contributed by atoms with Crippen LogP contribution in [0.4, 0.5) is 11.4 Å². The van der Waals surface area contributed by atoms with Crippen LogP contribution in [0.25, 0.3) is 11.3 Å². The van der Waals surface area contributed by atoms with E-state index in [2.05, 4.69) is 15.2 Å². The van der Waals surface area contributed by atoms with E-state index in [0.717, 1.165) is 37.2 Å². The van der Waals surface area contributed by atoms with Crippen LogP contribution in [0, 0.1) is 0 Å². The second-order valence-electron chi connectivity index (χ2n) is 6.82. The molecule has 1 fully saturated rings. The molecular formula is C22H23N3O3. The molecular weight excluding hydrogens is 354 g/mol. The van der Waals surface area contributed by atoms with Crippen molar-refractivity contribution >= 4 is 17.3 Å². The third-order valence-corrected chi connectivity index (χ3v) is 5.02. The molecule has 4 rings (SSSR count). The highest BCUT2D eigenvalue weighted by molar-refractivity contribution is 6.01. The number of anilines is 2. The van der Waals surface area contributed by atoms with Crippen LogP contribution in [-0.2, 0) is 4.74 Å². The highest BCUT2D eigenvalue weighted by Gasteiger charge is 2.19. The number of carbonyl (C=O) groups excluding carboxylic acids is 1. The maximum Gasteiger partial charge on any atom is 0.311 e. The normalized spacial score (nSPS) is 14.8. The summed E-state index contributed by atoms with van der Waals surface area (Å²) in [7, 11) is 1.77. The zero-order chi connectivity index (χ0) is 19.3. The van der Waals surface area contributed by atoms with E-state index in [0.29, 0.717) is 17.6 Å². The number of rotatable bonds is 5. The average molecular weight is 377 g/mol. The molecule has 6 nitrogen and oxygen atoms in total. The standard InChI is InChI=1S/C22H23N3O3/c1-27-19-11-13-25(14-12-19)18-9-7-17(8-10-18)24-21(26)22-23-15-20(28-22)16-5-3-2-4-6-16/h2-10,15,19H,11-14H2,1H3,(H,24,26). The Labute approximate surface area is 164 Å². The van der Waals surface area contributed by atoms with Crippen LogP contribution in [0.3, 0.4) is 0 Å². The Kier molecular flexibility index (Phi) is 5.39. The summed E-state index contributed by atoms with van der Waals surface area (Å²) in [6, 6.07) is 17.4. The van der Waals surface area contributed by atoms with Gasteiger partial charge < -0.3 is 19.4 Å². The van der Waals surface area contributed by atoms with E-state index in [1.165, 1.54) is 0 Å². The fourth-order valence-corrected chi connectivity index (χ4v) is 3.40. The van der Waals surface area contributed by atoms with Gasteiger partial charge in [-0.05, 0) is 37.1 Å². The monoisotopic (exact) mass is 377 g/mol. The zero-order valence-electron chi connectivity index (χ0n) is 15.8. The van der Waals surface area contributed by atoms with Crippen molar-refractivity contribution in [3.8, 4) is 11.3 Å². The SMILES string of the molecule is COC1CCN(c2ccc(NC(=O)c3ncc(-c4ccccc4)o3)cc2)CC1. The largest absolute Gasteiger partial charge is 0.432 e. The van der Waals surface area contributed by atoms with Gasteiger partial charge in [-0.2, -0.15) is 0 Å². The number of ether oxygens (including phenoxy) is 1. The highest BCUT2D eigenvalue weighted by Crippen LogP contribution is 2.24. The fourth-order valence-electron chi connectivity index (χ4n) is 3.40. The van der Waals surface area contributed by atoms with Crippen LogP contribution in [0.5, 0.6) is 0 Å². The molecule has 2 heterocycles. The number of hydrogen-bond acceptors (Lipinski definition) is 5. The number of piperidine rings is 1. The molecule has 0 saturated carbocycles. The maximum atomic E-state index is 12.4.